The molecule has 3 nitrogen and oxygen atoms in total. The van der Waals surface area contributed by atoms with E-state index in [1.54, 1.807) is 23.1 Å². The molecule has 0 aliphatic rings. The van der Waals surface area contributed by atoms with Crippen molar-refractivity contribution in [1.82, 2.24) is 15.5 Å². The Morgan fingerprint density at radius 3 is 2.76 bits per heavy atom. The van der Waals surface area contributed by atoms with Crippen LogP contribution in [0.2, 0.25) is 0 Å². The maximum atomic E-state index is 4.08. The molecule has 0 aromatic carbocycles. The number of nitrogens with zero attached hydrogens (tertiary/aromatic N) is 2. The van der Waals surface area contributed by atoms with Gasteiger partial charge >= 0.3 is 0 Å². The van der Waals surface area contributed by atoms with E-state index in [0.717, 1.165) is 28.2 Å². The van der Waals surface area contributed by atoms with E-state index >= 15 is 0 Å². The predicted molar refractivity (Wildman–Crippen MR) is 76.1 cm³/mol. The van der Waals surface area contributed by atoms with Gasteiger partial charge in [0.2, 0.25) is 0 Å². The number of hydrogen-bond acceptors (Lipinski definition) is 6. The maximum absolute atomic E-state index is 4.08. The van der Waals surface area contributed by atoms with Crippen molar-refractivity contribution in [3.63, 3.8) is 0 Å². The highest BCUT2D eigenvalue weighted by atomic mass is 32.2. The Bertz CT molecular complexity index is 422. The summed E-state index contributed by atoms with van der Waals surface area (Å²) in [5.74, 6) is 1.04. The predicted octanol–water partition coefficient (Wildman–Crippen LogP) is 3.10. The molecule has 0 aliphatic carbocycles. The molecule has 0 radical (unpaired) electrons. The van der Waals surface area contributed by atoms with Crippen LogP contribution in [0.4, 0.5) is 0 Å². The molecule has 17 heavy (non-hydrogen) atoms. The molecule has 0 saturated carbocycles. The average Bonchev–Trinajstić information content (AvgIpc) is 2.88. The zero-order valence-corrected chi connectivity index (χ0v) is 12.3. The van der Waals surface area contributed by atoms with Crippen molar-refractivity contribution in [2.45, 2.75) is 24.7 Å². The summed E-state index contributed by atoms with van der Waals surface area (Å²) in [5.41, 5.74) is 0. The summed E-state index contributed by atoms with van der Waals surface area (Å²) in [4.78, 5) is 2.78. The minimum absolute atomic E-state index is 0.966. The summed E-state index contributed by atoms with van der Waals surface area (Å²) >= 11 is 5.28. The van der Waals surface area contributed by atoms with Crippen molar-refractivity contribution in [3.05, 3.63) is 26.9 Å². The molecule has 0 unspecified atom stereocenters. The van der Waals surface area contributed by atoms with Crippen LogP contribution in [0.1, 0.15) is 14.8 Å². The Kier molecular flexibility index (Phi) is 4.97. The first-order valence-electron chi connectivity index (χ1n) is 5.43. The molecule has 2 aromatic rings. The van der Waals surface area contributed by atoms with Crippen molar-refractivity contribution in [2.24, 2.45) is 0 Å². The molecule has 0 fully saturated rings. The lowest BCUT2D eigenvalue weighted by atomic mass is 10.4. The normalized spacial score (nSPS) is 10.9. The number of rotatable bonds is 6. The van der Waals surface area contributed by atoms with Crippen molar-refractivity contribution in [1.29, 1.82) is 0 Å². The van der Waals surface area contributed by atoms with Crippen molar-refractivity contribution >= 4 is 34.4 Å². The molecule has 0 amide bonds. The van der Waals surface area contributed by atoms with Gasteiger partial charge in [0, 0.05) is 28.6 Å². The van der Waals surface area contributed by atoms with Gasteiger partial charge in [0.15, 0.2) is 4.34 Å². The molecular weight excluding hydrogens is 270 g/mol. The lowest BCUT2D eigenvalue weighted by Crippen LogP contribution is -2.15. The lowest BCUT2D eigenvalue weighted by molar-refractivity contribution is 0.741. The highest BCUT2D eigenvalue weighted by molar-refractivity contribution is 8.01. The second kappa shape index (κ2) is 6.49. The fourth-order valence-electron chi connectivity index (χ4n) is 1.34. The Hall–Kier alpha value is -0.430. The van der Waals surface area contributed by atoms with E-state index in [1.165, 1.54) is 9.75 Å². The minimum atomic E-state index is 0.966. The van der Waals surface area contributed by atoms with Crippen molar-refractivity contribution in [2.75, 3.05) is 12.3 Å². The van der Waals surface area contributed by atoms with E-state index in [2.05, 4.69) is 34.6 Å². The second-order valence-corrected chi connectivity index (χ2v) is 7.52. The van der Waals surface area contributed by atoms with Gasteiger partial charge in [-0.05, 0) is 26.0 Å². The first kappa shape index (κ1) is 13.0. The molecule has 6 heteroatoms. The number of thioether (sulfide) groups is 1. The summed E-state index contributed by atoms with van der Waals surface area (Å²) in [6.07, 6.45) is 0. The zero-order chi connectivity index (χ0) is 12.1. The zero-order valence-electron chi connectivity index (χ0n) is 9.90. The molecule has 2 rings (SSSR count). The highest BCUT2D eigenvalue weighted by Gasteiger charge is 2.00. The molecule has 0 bridgehead atoms. The van der Waals surface area contributed by atoms with E-state index in [1.807, 2.05) is 18.3 Å². The van der Waals surface area contributed by atoms with Gasteiger partial charge in [0.05, 0.1) is 0 Å². The largest absolute Gasteiger partial charge is 0.311 e. The summed E-state index contributed by atoms with van der Waals surface area (Å²) < 4.78 is 1.07. The summed E-state index contributed by atoms with van der Waals surface area (Å²) in [5, 5.41) is 12.6. The van der Waals surface area contributed by atoms with Gasteiger partial charge < -0.3 is 5.32 Å². The van der Waals surface area contributed by atoms with Gasteiger partial charge in [-0.25, -0.2) is 0 Å². The Labute approximate surface area is 114 Å². The van der Waals surface area contributed by atoms with Crippen LogP contribution < -0.4 is 5.32 Å². The minimum Gasteiger partial charge on any atom is -0.311 e. The molecule has 0 saturated heterocycles. The second-order valence-electron chi connectivity index (χ2n) is 3.62. The van der Waals surface area contributed by atoms with Gasteiger partial charge in [-0.15, -0.1) is 21.5 Å². The molecule has 0 atom stereocenters. The number of thiophene rings is 1. The summed E-state index contributed by atoms with van der Waals surface area (Å²) in [7, 11) is 0. The molecular formula is C11H15N3S3. The van der Waals surface area contributed by atoms with Gasteiger partial charge in [0.1, 0.15) is 5.01 Å². The fourth-order valence-corrected chi connectivity index (χ4v) is 3.98. The third-order valence-electron chi connectivity index (χ3n) is 2.11. The van der Waals surface area contributed by atoms with E-state index in [0.29, 0.717) is 0 Å². The first-order valence-corrected chi connectivity index (χ1v) is 8.05. The topological polar surface area (TPSA) is 37.8 Å². The van der Waals surface area contributed by atoms with Crippen molar-refractivity contribution < 1.29 is 0 Å². The van der Waals surface area contributed by atoms with Gasteiger partial charge in [-0.2, -0.15) is 0 Å². The van der Waals surface area contributed by atoms with E-state index in [9.17, 15) is 0 Å². The number of hydrogen-bond donors (Lipinski definition) is 1. The van der Waals surface area contributed by atoms with Crippen LogP contribution in [0, 0.1) is 13.8 Å². The van der Waals surface area contributed by atoms with Crippen molar-refractivity contribution in [3.8, 4) is 0 Å². The van der Waals surface area contributed by atoms with E-state index in [4.69, 9.17) is 0 Å². The smallest absolute Gasteiger partial charge is 0.174 e. The van der Waals surface area contributed by atoms with Crippen LogP contribution >= 0.6 is 34.4 Å². The fraction of sp³-hybridized carbons (Fsp3) is 0.455. The highest BCUT2D eigenvalue weighted by Crippen LogP contribution is 2.21. The van der Waals surface area contributed by atoms with E-state index in [-0.39, 0.29) is 0 Å². The van der Waals surface area contributed by atoms with Crippen LogP contribution in [0.5, 0.6) is 0 Å². The standard InChI is InChI=1S/C11H15N3S3/c1-8-3-4-10(16-8)7-12-5-6-15-11-14-13-9(2)17-11/h3-4,12H,5-7H2,1-2H3. The number of nitrogens with one attached hydrogen (secondary N) is 1. The average molecular weight is 285 g/mol. The van der Waals surface area contributed by atoms with Crippen LogP contribution in [0.15, 0.2) is 16.5 Å². The van der Waals surface area contributed by atoms with Gasteiger partial charge in [0.25, 0.3) is 0 Å². The molecule has 2 aromatic heterocycles. The third-order valence-corrected chi connectivity index (χ3v) is 5.08. The molecule has 2 heterocycles. The Balaban J connectivity index is 1.60. The number of aromatic nitrogens is 2. The lowest BCUT2D eigenvalue weighted by Gasteiger charge is -2.00. The molecule has 1 N–H and O–H groups in total. The molecule has 92 valence electrons. The SMILES string of the molecule is Cc1ccc(CNCCSc2nnc(C)s2)s1. The number of aryl methyl sites for hydroxylation is 2. The molecule has 0 aliphatic heterocycles. The van der Waals surface area contributed by atoms with Gasteiger partial charge in [-0.3, -0.25) is 0 Å². The Morgan fingerprint density at radius 1 is 1.24 bits per heavy atom. The van der Waals surface area contributed by atoms with Crippen LogP contribution in [0.25, 0.3) is 0 Å². The van der Waals surface area contributed by atoms with Crippen LogP contribution in [0.3, 0.4) is 0 Å². The molecule has 0 spiro atoms. The third kappa shape index (κ3) is 4.39. The van der Waals surface area contributed by atoms with E-state index < -0.39 is 0 Å². The monoisotopic (exact) mass is 285 g/mol. The van der Waals surface area contributed by atoms with Gasteiger partial charge in [-0.1, -0.05) is 23.1 Å². The Morgan fingerprint density at radius 2 is 2.12 bits per heavy atom. The summed E-state index contributed by atoms with van der Waals surface area (Å²) in [6, 6.07) is 4.36. The maximum Gasteiger partial charge on any atom is 0.174 e. The first-order chi connectivity index (χ1) is 8.24. The van der Waals surface area contributed by atoms with Crippen LogP contribution in [-0.4, -0.2) is 22.5 Å². The van der Waals surface area contributed by atoms with Crippen LogP contribution in [-0.2, 0) is 6.54 Å². The quantitative estimate of drug-likeness (QED) is 0.654. The summed E-state index contributed by atoms with van der Waals surface area (Å²) in [6.45, 7) is 6.09.